The minimum Gasteiger partial charge on any atom is -0.360 e. The van der Waals surface area contributed by atoms with Crippen LogP contribution in [0.2, 0.25) is 0 Å². The molecular formula is C16H24N2S. The zero-order valence-electron chi connectivity index (χ0n) is 12.1. The lowest BCUT2D eigenvalue weighted by Crippen LogP contribution is -2.42. The summed E-state index contributed by atoms with van der Waals surface area (Å²) in [6.45, 7) is 7.73. The topological polar surface area (TPSA) is 24.4 Å². The molecule has 1 aliphatic rings. The van der Waals surface area contributed by atoms with Crippen molar-refractivity contribution in [2.24, 2.45) is 4.99 Å². The highest BCUT2D eigenvalue weighted by molar-refractivity contribution is 8.14. The fourth-order valence-electron chi connectivity index (χ4n) is 2.15. The first kappa shape index (κ1) is 14.4. The van der Waals surface area contributed by atoms with Gasteiger partial charge in [-0.25, -0.2) is 0 Å². The largest absolute Gasteiger partial charge is 0.360 e. The molecule has 19 heavy (non-hydrogen) atoms. The second kappa shape index (κ2) is 6.47. The lowest BCUT2D eigenvalue weighted by atomic mass is 9.95. The Bertz CT molecular complexity index is 426. The van der Waals surface area contributed by atoms with E-state index in [1.807, 2.05) is 11.8 Å². The summed E-state index contributed by atoms with van der Waals surface area (Å²) >= 11 is 1.90. The maximum absolute atomic E-state index is 4.60. The molecular weight excluding hydrogens is 252 g/mol. The van der Waals surface area contributed by atoms with Crippen molar-refractivity contribution < 1.29 is 0 Å². The van der Waals surface area contributed by atoms with Gasteiger partial charge in [-0.1, -0.05) is 49.0 Å². The average Bonchev–Trinajstić information content (AvgIpc) is 2.85. The standard InChI is InChI=1S/C16H24N2S/c1-4-14-12-17-15(19-14)18-16(2,3)11-10-13-8-6-5-7-9-13/h5-9,14H,4,10-12H2,1-3H3,(H,17,18). The number of benzene rings is 1. The second-order valence-corrected chi connectivity index (χ2v) is 7.08. The molecule has 1 heterocycles. The van der Waals surface area contributed by atoms with Crippen molar-refractivity contribution in [3.8, 4) is 0 Å². The van der Waals surface area contributed by atoms with Gasteiger partial charge in [0, 0.05) is 10.8 Å². The molecule has 1 aromatic carbocycles. The van der Waals surface area contributed by atoms with Crippen molar-refractivity contribution in [1.82, 2.24) is 5.32 Å². The molecule has 0 radical (unpaired) electrons. The zero-order chi connectivity index (χ0) is 13.7. The molecule has 1 unspecified atom stereocenters. The van der Waals surface area contributed by atoms with E-state index in [1.54, 1.807) is 0 Å². The highest BCUT2D eigenvalue weighted by atomic mass is 32.2. The molecule has 1 N–H and O–H groups in total. The Morgan fingerprint density at radius 3 is 2.68 bits per heavy atom. The van der Waals surface area contributed by atoms with Crippen molar-refractivity contribution >= 4 is 16.9 Å². The predicted octanol–water partition coefficient (Wildman–Crippen LogP) is 3.87. The first-order chi connectivity index (χ1) is 9.09. The third kappa shape index (κ3) is 4.57. The first-order valence-corrected chi connectivity index (χ1v) is 8.00. The average molecular weight is 276 g/mol. The zero-order valence-corrected chi connectivity index (χ0v) is 13.0. The maximum Gasteiger partial charge on any atom is 0.157 e. The Labute approximate surface area is 121 Å². The van der Waals surface area contributed by atoms with Crippen LogP contribution in [0.5, 0.6) is 0 Å². The number of hydrogen-bond donors (Lipinski definition) is 1. The number of aliphatic imine (C=N–C) groups is 1. The summed E-state index contributed by atoms with van der Waals surface area (Å²) in [5.41, 5.74) is 1.51. The monoisotopic (exact) mass is 276 g/mol. The van der Waals surface area contributed by atoms with Crippen LogP contribution in [0.4, 0.5) is 0 Å². The van der Waals surface area contributed by atoms with Crippen LogP contribution in [-0.2, 0) is 6.42 Å². The highest BCUT2D eigenvalue weighted by Gasteiger charge is 2.24. The summed E-state index contributed by atoms with van der Waals surface area (Å²) in [7, 11) is 0. The van der Waals surface area contributed by atoms with Gasteiger partial charge in [0.1, 0.15) is 0 Å². The highest BCUT2D eigenvalue weighted by Crippen LogP contribution is 2.24. The summed E-state index contributed by atoms with van der Waals surface area (Å²) in [5.74, 6) is 0. The number of rotatable bonds is 5. The van der Waals surface area contributed by atoms with Crippen LogP contribution in [0.3, 0.4) is 0 Å². The molecule has 0 aromatic heterocycles. The molecule has 2 rings (SSSR count). The van der Waals surface area contributed by atoms with Gasteiger partial charge in [0.15, 0.2) is 5.17 Å². The maximum atomic E-state index is 4.60. The van der Waals surface area contributed by atoms with Gasteiger partial charge >= 0.3 is 0 Å². The van der Waals surface area contributed by atoms with Gasteiger partial charge < -0.3 is 5.32 Å². The van der Waals surface area contributed by atoms with Gasteiger partial charge in [-0.2, -0.15) is 0 Å². The Hall–Kier alpha value is -0.960. The lowest BCUT2D eigenvalue weighted by Gasteiger charge is -2.27. The van der Waals surface area contributed by atoms with E-state index in [-0.39, 0.29) is 5.54 Å². The molecule has 0 spiro atoms. The van der Waals surface area contributed by atoms with Gasteiger partial charge in [0.25, 0.3) is 0 Å². The Kier molecular flexibility index (Phi) is 4.92. The molecule has 104 valence electrons. The van der Waals surface area contributed by atoms with E-state index in [0.29, 0.717) is 5.25 Å². The molecule has 1 atom stereocenters. The van der Waals surface area contributed by atoms with E-state index in [1.165, 1.54) is 12.0 Å². The SMILES string of the molecule is CCC1CN=C(NC(C)(C)CCc2ccccc2)S1. The van der Waals surface area contributed by atoms with Crippen molar-refractivity contribution in [3.63, 3.8) is 0 Å². The van der Waals surface area contributed by atoms with Gasteiger partial charge in [0.2, 0.25) is 0 Å². The fraction of sp³-hybridized carbons (Fsp3) is 0.562. The van der Waals surface area contributed by atoms with Gasteiger partial charge in [-0.15, -0.1) is 0 Å². The van der Waals surface area contributed by atoms with Crippen molar-refractivity contribution in [3.05, 3.63) is 35.9 Å². The van der Waals surface area contributed by atoms with Crippen LogP contribution in [0.15, 0.2) is 35.3 Å². The third-order valence-corrected chi connectivity index (χ3v) is 4.77. The molecule has 0 bridgehead atoms. The van der Waals surface area contributed by atoms with Gasteiger partial charge in [0.05, 0.1) is 6.54 Å². The summed E-state index contributed by atoms with van der Waals surface area (Å²) < 4.78 is 0. The smallest absolute Gasteiger partial charge is 0.157 e. The molecule has 0 fully saturated rings. The number of nitrogens with zero attached hydrogens (tertiary/aromatic N) is 1. The summed E-state index contributed by atoms with van der Waals surface area (Å²) in [6.07, 6.45) is 3.42. The van der Waals surface area contributed by atoms with E-state index in [2.05, 4.69) is 61.4 Å². The van der Waals surface area contributed by atoms with Crippen LogP contribution < -0.4 is 5.32 Å². The molecule has 0 saturated carbocycles. The van der Waals surface area contributed by atoms with Crippen LogP contribution in [-0.4, -0.2) is 22.5 Å². The minimum absolute atomic E-state index is 0.101. The Morgan fingerprint density at radius 2 is 2.05 bits per heavy atom. The number of hydrogen-bond acceptors (Lipinski definition) is 3. The number of aryl methyl sites for hydroxylation is 1. The van der Waals surface area contributed by atoms with Crippen LogP contribution in [0.1, 0.15) is 39.2 Å². The summed E-state index contributed by atoms with van der Waals surface area (Å²) in [4.78, 5) is 4.60. The van der Waals surface area contributed by atoms with Crippen molar-refractivity contribution in [2.75, 3.05) is 6.54 Å². The number of nitrogens with one attached hydrogen (secondary N) is 1. The van der Waals surface area contributed by atoms with E-state index >= 15 is 0 Å². The van der Waals surface area contributed by atoms with E-state index < -0.39 is 0 Å². The second-order valence-electron chi connectivity index (χ2n) is 5.79. The predicted molar refractivity (Wildman–Crippen MR) is 85.9 cm³/mol. The van der Waals surface area contributed by atoms with Crippen LogP contribution in [0, 0.1) is 0 Å². The normalized spacial score (nSPS) is 19.3. The lowest BCUT2D eigenvalue weighted by molar-refractivity contribution is 0.428. The molecule has 1 aromatic rings. The molecule has 2 nitrogen and oxygen atoms in total. The van der Waals surface area contributed by atoms with Crippen molar-refractivity contribution in [1.29, 1.82) is 0 Å². The molecule has 0 amide bonds. The van der Waals surface area contributed by atoms with Gasteiger partial charge in [-0.3, -0.25) is 4.99 Å². The van der Waals surface area contributed by atoms with E-state index in [9.17, 15) is 0 Å². The molecule has 3 heteroatoms. The summed E-state index contributed by atoms with van der Waals surface area (Å²) in [5, 5.41) is 5.41. The number of thioether (sulfide) groups is 1. The third-order valence-electron chi connectivity index (χ3n) is 3.50. The molecule has 1 aliphatic heterocycles. The minimum atomic E-state index is 0.101. The van der Waals surface area contributed by atoms with Gasteiger partial charge in [-0.05, 0) is 38.7 Å². The summed E-state index contributed by atoms with van der Waals surface area (Å²) in [6, 6.07) is 10.7. The quantitative estimate of drug-likeness (QED) is 0.883. The van der Waals surface area contributed by atoms with Crippen LogP contribution >= 0.6 is 11.8 Å². The van der Waals surface area contributed by atoms with E-state index in [0.717, 1.165) is 24.6 Å². The Balaban J connectivity index is 1.82. The first-order valence-electron chi connectivity index (χ1n) is 7.12. The molecule has 0 saturated heterocycles. The fourth-order valence-corrected chi connectivity index (χ4v) is 3.27. The molecule has 0 aliphatic carbocycles. The Morgan fingerprint density at radius 1 is 1.32 bits per heavy atom. The van der Waals surface area contributed by atoms with E-state index in [4.69, 9.17) is 0 Å². The number of amidine groups is 1. The van der Waals surface area contributed by atoms with Crippen molar-refractivity contribution in [2.45, 2.75) is 50.8 Å². The van der Waals surface area contributed by atoms with Crippen LogP contribution in [0.25, 0.3) is 0 Å².